The molecule has 5 nitrogen and oxygen atoms in total. The molecule has 0 unspecified atom stereocenters. The lowest BCUT2D eigenvalue weighted by atomic mass is 10.4. The first kappa shape index (κ1) is 15.4. The highest BCUT2D eigenvalue weighted by Crippen LogP contribution is 2.17. The van der Waals surface area contributed by atoms with Crippen LogP contribution in [0.2, 0.25) is 0 Å². The first-order valence-electron chi connectivity index (χ1n) is 5.74. The fourth-order valence-electron chi connectivity index (χ4n) is 1.54. The van der Waals surface area contributed by atoms with Gasteiger partial charge in [-0.25, -0.2) is 17.7 Å². The van der Waals surface area contributed by atoms with Crippen molar-refractivity contribution in [2.75, 3.05) is 31.2 Å². The maximum Gasteiger partial charge on any atom is 0.211 e. The van der Waals surface area contributed by atoms with Crippen molar-refractivity contribution in [3.05, 3.63) is 22.8 Å². The zero-order valence-electron chi connectivity index (χ0n) is 10.6. The molecular weight excluding hydrogens is 318 g/mol. The minimum atomic E-state index is -3.09. The van der Waals surface area contributed by atoms with Gasteiger partial charge in [-0.2, -0.15) is 0 Å². The summed E-state index contributed by atoms with van der Waals surface area (Å²) in [6, 6.07) is 3.75. The Kier molecular flexibility index (Phi) is 6.04. The predicted molar refractivity (Wildman–Crippen MR) is 77.1 cm³/mol. The molecule has 7 heteroatoms. The first-order valence-corrected chi connectivity index (χ1v) is 8.38. The van der Waals surface area contributed by atoms with Gasteiger partial charge in [-0.1, -0.05) is 6.92 Å². The molecule has 1 heterocycles. The van der Waals surface area contributed by atoms with E-state index in [0.29, 0.717) is 19.6 Å². The van der Waals surface area contributed by atoms with Crippen LogP contribution in [-0.4, -0.2) is 43.6 Å². The molecular formula is C11H18BrN3O2S. The van der Waals surface area contributed by atoms with E-state index in [1.54, 1.807) is 6.20 Å². The third kappa shape index (κ3) is 4.91. The Bertz CT molecular complexity index is 479. The van der Waals surface area contributed by atoms with Crippen molar-refractivity contribution in [1.29, 1.82) is 0 Å². The van der Waals surface area contributed by atoms with Gasteiger partial charge in [0.1, 0.15) is 5.82 Å². The maximum atomic E-state index is 11.4. The highest BCUT2D eigenvalue weighted by atomic mass is 79.9. The lowest BCUT2D eigenvalue weighted by Crippen LogP contribution is -2.31. The molecule has 0 atom stereocenters. The van der Waals surface area contributed by atoms with Crippen molar-refractivity contribution in [1.82, 2.24) is 9.29 Å². The maximum absolute atomic E-state index is 11.4. The largest absolute Gasteiger partial charge is 0.369 e. The molecule has 1 aromatic rings. The zero-order chi connectivity index (χ0) is 13.6. The topological polar surface area (TPSA) is 62.3 Å². The van der Waals surface area contributed by atoms with E-state index in [1.807, 2.05) is 19.1 Å². The van der Waals surface area contributed by atoms with Crippen LogP contribution in [0.25, 0.3) is 0 Å². The van der Waals surface area contributed by atoms with E-state index in [-0.39, 0.29) is 0 Å². The minimum Gasteiger partial charge on any atom is -0.369 e. The van der Waals surface area contributed by atoms with E-state index < -0.39 is 10.0 Å². The summed E-state index contributed by atoms with van der Waals surface area (Å²) in [6.07, 6.45) is 3.69. The van der Waals surface area contributed by atoms with Crippen LogP contribution in [-0.2, 0) is 10.0 Å². The second-order valence-corrected chi connectivity index (χ2v) is 6.71. The number of rotatable bonds is 7. The van der Waals surface area contributed by atoms with E-state index in [4.69, 9.17) is 0 Å². The SMILES string of the molecule is CCN(CCCNc1ncccc1Br)S(C)(=O)=O. The lowest BCUT2D eigenvalue weighted by Gasteiger charge is -2.17. The zero-order valence-corrected chi connectivity index (χ0v) is 13.0. The average Bonchev–Trinajstić information content (AvgIpc) is 2.29. The molecule has 1 N–H and O–H groups in total. The summed E-state index contributed by atoms with van der Waals surface area (Å²) in [4.78, 5) is 4.17. The van der Waals surface area contributed by atoms with Crippen LogP contribution in [0.1, 0.15) is 13.3 Å². The average molecular weight is 336 g/mol. The molecule has 0 saturated heterocycles. The molecule has 0 bridgehead atoms. The van der Waals surface area contributed by atoms with Crippen molar-refractivity contribution >= 4 is 31.8 Å². The van der Waals surface area contributed by atoms with Crippen LogP contribution in [0, 0.1) is 0 Å². The highest BCUT2D eigenvalue weighted by Gasteiger charge is 2.13. The Labute approximate surface area is 117 Å². The summed E-state index contributed by atoms with van der Waals surface area (Å²) in [7, 11) is -3.09. The van der Waals surface area contributed by atoms with Gasteiger partial charge in [0.25, 0.3) is 0 Å². The van der Waals surface area contributed by atoms with E-state index in [2.05, 4.69) is 26.2 Å². The van der Waals surface area contributed by atoms with Crippen LogP contribution < -0.4 is 5.32 Å². The molecule has 0 spiro atoms. The summed E-state index contributed by atoms with van der Waals surface area (Å²) in [5, 5.41) is 3.16. The van der Waals surface area contributed by atoms with Crippen molar-refractivity contribution < 1.29 is 8.42 Å². The van der Waals surface area contributed by atoms with Gasteiger partial charge in [-0.3, -0.25) is 0 Å². The molecule has 0 aliphatic rings. The highest BCUT2D eigenvalue weighted by molar-refractivity contribution is 9.10. The Hall–Kier alpha value is -0.660. The molecule has 0 saturated carbocycles. The fraction of sp³-hybridized carbons (Fsp3) is 0.545. The van der Waals surface area contributed by atoms with Crippen LogP contribution in [0.5, 0.6) is 0 Å². The summed E-state index contributed by atoms with van der Waals surface area (Å²) < 4.78 is 25.1. The number of nitrogens with one attached hydrogen (secondary N) is 1. The predicted octanol–water partition coefficient (Wildman–Crippen LogP) is 1.93. The van der Waals surface area contributed by atoms with Gasteiger partial charge >= 0.3 is 0 Å². The van der Waals surface area contributed by atoms with Gasteiger partial charge in [-0.15, -0.1) is 0 Å². The third-order valence-corrected chi connectivity index (χ3v) is 4.48. The van der Waals surface area contributed by atoms with Crippen molar-refractivity contribution in [2.45, 2.75) is 13.3 Å². The second kappa shape index (κ2) is 7.06. The smallest absolute Gasteiger partial charge is 0.211 e. The minimum absolute atomic E-state index is 0.506. The first-order chi connectivity index (χ1) is 8.45. The van der Waals surface area contributed by atoms with Gasteiger partial charge in [0, 0.05) is 25.8 Å². The van der Waals surface area contributed by atoms with Crippen molar-refractivity contribution in [2.24, 2.45) is 0 Å². The quantitative estimate of drug-likeness (QED) is 0.773. The number of sulfonamides is 1. The van der Waals surface area contributed by atoms with E-state index in [9.17, 15) is 8.42 Å². The fourth-order valence-corrected chi connectivity index (χ4v) is 2.86. The van der Waals surface area contributed by atoms with Gasteiger partial charge < -0.3 is 5.32 Å². The van der Waals surface area contributed by atoms with Crippen LogP contribution >= 0.6 is 15.9 Å². The Balaban J connectivity index is 2.37. The Morgan fingerprint density at radius 1 is 1.50 bits per heavy atom. The van der Waals surface area contributed by atoms with Gasteiger partial charge in [0.2, 0.25) is 10.0 Å². The summed E-state index contributed by atoms with van der Waals surface area (Å²) >= 11 is 3.39. The molecule has 0 amide bonds. The molecule has 1 rings (SSSR count). The monoisotopic (exact) mass is 335 g/mol. The summed E-state index contributed by atoms with van der Waals surface area (Å²) in [6.45, 7) is 3.55. The number of aromatic nitrogens is 1. The molecule has 0 aromatic carbocycles. The number of hydrogen-bond donors (Lipinski definition) is 1. The standard InChI is InChI=1S/C11H18BrN3O2S/c1-3-15(18(2,16)17)9-5-8-14-11-10(12)6-4-7-13-11/h4,6-7H,3,5,8-9H2,1-2H3,(H,13,14). The molecule has 102 valence electrons. The van der Waals surface area contributed by atoms with Crippen LogP contribution in [0.3, 0.4) is 0 Å². The van der Waals surface area contributed by atoms with E-state index in [0.717, 1.165) is 16.7 Å². The molecule has 18 heavy (non-hydrogen) atoms. The number of nitrogens with zero attached hydrogens (tertiary/aromatic N) is 2. The number of halogens is 1. The second-order valence-electron chi connectivity index (χ2n) is 3.87. The normalized spacial score (nSPS) is 11.8. The molecule has 0 aliphatic heterocycles. The van der Waals surface area contributed by atoms with Crippen molar-refractivity contribution in [3.8, 4) is 0 Å². The number of pyridine rings is 1. The Morgan fingerprint density at radius 2 is 2.22 bits per heavy atom. The third-order valence-electron chi connectivity index (χ3n) is 2.46. The number of hydrogen-bond acceptors (Lipinski definition) is 4. The lowest BCUT2D eigenvalue weighted by molar-refractivity contribution is 0.428. The van der Waals surface area contributed by atoms with Crippen molar-refractivity contribution in [3.63, 3.8) is 0 Å². The van der Waals surface area contributed by atoms with E-state index in [1.165, 1.54) is 10.6 Å². The summed E-state index contributed by atoms with van der Waals surface area (Å²) in [5.41, 5.74) is 0. The van der Waals surface area contributed by atoms with Gasteiger partial charge in [0.05, 0.1) is 10.7 Å². The van der Waals surface area contributed by atoms with Crippen LogP contribution in [0.15, 0.2) is 22.8 Å². The van der Waals surface area contributed by atoms with E-state index >= 15 is 0 Å². The van der Waals surface area contributed by atoms with Gasteiger partial charge in [0.15, 0.2) is 0 Å². The van der Waals surface area contributed by atoms with Crippen LogP contribution in [0.4, 0.5) is 5.82 Å². The number of anilines is 1. The Morgan fingerprint density at radius 3 is 2.78 bits per heavy atom. The molecule has 0 aliphatic carbocycles. The van der Waals surface area contributed by atoms with Gasteiger partial charge in [-0.05, 0) is 34.5 Å². The molecule has 0 fully saturated rings. The molecule has 0 radical (unpaired) electrons. The summed E-state index contributed by atoms with van der Waals surface area (Å²) in [5.74, 6) is 0.778. The molecule has 1 aromatic heterocycles.